The van der Waals surface area contributed by atoms with E-state index in [1.54, 1.807) is 12.3 Å². The van der Waals surface area contributed by atoms with Gasteiger partial charge < -0.3 is 4.74 Å². The number of terminal acetylenes is 1. The lowest BCUT2D eigenvalue weighted by atomic mass is 10.1. The molecule has 3 heteroatoms. The Bertz CT molecular complexity index is 349. The molecule has 0 saturated carbocycles. The topological polar surface area (TPSA) is 39.2 Å². The molecule has 0 atom stereocenters. The van der Waals surface area contributed by atoms with Crippen LogP contribution in [0.2, 0.25) is 0 Å². The van der Waals surface area contributed by atoms with Gasteiger partial charge in [-0.05, 0) is 18.1 Å². The van der Waals surface area contributed by atoms with E-state index >= 15 is 0 Å². The predicted molar refractivity (Wildman–Crippen MR) is 52.7 cm³/mol. The van der Waals surface area contributed by atoms with Gasteiger partial charge >= 0.3 is 5.97 Å². The highest BCUT2D eigenvalue weighted by atomic mass is 16.5. The molecule has 0 aromatic carbocycles. The molecule has 0 bridgehead atoms. The van der Waals surface area contributed by atoms with E-state index in [2.05, 4.69) is 15.6 Å². The first kappa shape index (κ1) is 10.3. The van der Waals surface area contributed by atoms with Crippen molar-refractivity contribution in [3.8, 4) is 12.3 Å². The first-order valence-electron chi connectivity index (χ1n) is 4.24. The van der Waals surface area contributed by atoms with E-state index in [0.717, 1.165) is 12.0 Å². The van der Waals surface area contributed by atoms with Gasteiger partial charge in [0.1, 0.15) is 5.69 Å². The summed E-state index contributed by atoms with van der Waals surface area (Å²) in [7, 11) is 1.33. The number of pyridine rings is 1. The van der Waals surface area contributed by atoms with Crippen LogP contribution in [-0.2, 0) is 11.2 Å². The van der Waals surface area contributed by atoms with Gasteiger partial charge in [0.05, 0.1) is 7.11 Å². The van der Waals surface area contributed by atoms with Crippen LogP contribution in [-0.4, -0.2) is 18.1 Å². The van der Waals surface area contributed by atoms with Crippen LogP contribution < -0.4 is 0 Å². The summed E-state index contributed by atoms with van der Waals surface area (Å²) in [5.41, 5.74) is 1.34. The molecular weight excluding hydrogens is 178 g/mol. The van der Waals surface area contributed by atoms with Crippen molar-refractivity contribution in [3.63, 3.8) is 0 Å². The monoisotopic (exact) mass is 189 g/mol. The number of carbonyl (C=O) groups is 1. The minimum Gasteiger partial charge on any atom is -0.464 e. The molecule has 72 valence electrons. The molecule has 0 spiro atoms. The molecule has 0 aliphatic rings. The quantitative estimate of drug-likeness (QED) is 0.533. The molecule has 1 aromatic heterocycles. The van der Waals surface area contributed by atoms with Gasteiger partial charge in [0.2, 0.25) is 0 Å². The fourth-order valence-corrected chi connectivity index (χ4v) is 1.01. The molecule has 3 nitrogen and oxygen atoms in total. The second-order valence-corrected chi connectivity index (χ2v) is 2.75. The maximum Gasteiger partial charge on any atom is 0.356 e. The average molecular weight is 189 g/mol. The minimum atomic E-state index is -0.423. The second kappa shape index (κ2) is 5.03. The summed E-state index contributed by atoms with van der Waals surface area (Å²) in [4.78, 5) is 15.0. The van der Waals surface area contributed by atoms with Crippen LogP contribution >= 0.6 is 0 Å². The first-order valence-corrected chi connectivity index (χ1v) is 4.24. The Labute approximate surface area is 83.1 Å². The number of nitrogens with zero attached hydrogens (tertiary/aromatic N) is 1. The van der Waals surface area contributed by atoms with Crippen molar-refractivity contribution in [1.82, 2.24) is 4.98 Å². The van der Waals surface area contributed by atoms with Crippen LogP contribution in [0.4, 0.5) is 0 Å². The van der Waals surface area contributed by atoms with Gasteiger partial charge in [0, 0.05) is 12.6 Å². The van der Waals surface area contributed by atoms with Gasteiger partial charge in [-0.1, -0.05) is 6.07 Å². The summed E-state index contributed by atoms with van der Waals surface area (Å²) in [5, 5.41) is 0. The normalized spacial score (nSPS) is 9.14. The SMILES string of the molecule is C#CCCc1ccc(C(=O)OC)nc1. The van der Waals surface area contributed by atoms with E-state index < -0.39 is 5.97 Å². The van der Waals surface area contributed by atoms with Crippen molar-refractivity contribution in [2.75, 3.05) is 7.11 Å². The van der Waals surface area contributed by atoms with Crippen LogP contribution in [0.3, 0.4) is 0 Å². The Morgan fingerprint density at radius 3 is 2.93 bits per heavy atom. The third-order valence-corrected chi connectivity index (χ3v) is 1.78. The predicted octanol–water partition coefficient (Wildman–Crippen LogP) is 1.43. The minimum absolute atomic E-state index is 0.317. The average Bonchev–Trinajstić information content (AvgIpc) is 2.26. The van der Waals surface area contributed by atoms with Gasteiger partial charge in [-0.15, -0.1) is 12.3 Å². The Balaban J connectivity index is 2.69. The van der Waals surface area contributed by atoms with Crippen molar-refractivity contribution in [2.45, 2.75) is 12.8 Å². The lowest BCUT2D eigenvalue weighted by Crippen LogP contribution is -2.04. The van der Waals surface area contributed by atoms with E-state index in [9.17, 15) is 4.79 Å². The van der Waals surface area contributed by atoms with Crippen LogP contribution in [0.25, 0.3) is 0 Å². The Morgan fingerprint density at radius 2 is 2.43 bits per heavy atom. The van der Waals surface area contributed by atoms with E-state index in [1.165, 1.54) is 7.11 Å². The van der Waals surface area contributed by atoms with Gasteiger partial charge in [-0.25, -0.2) is 9.78 Å². The van der Waals surface area contributed by atoms with E-state index in [0.29, 0.717) is 12.1 Å². The number of aromatic nitrogens is 1. The van der Waals surface area contributed by atoms with Crippen molar-refractivity contribution in [2.24, 2.45) is 0 Å². The number of rotatable bonds is 3. The van der Waals surface area contributed by atoms with Gasteiger partial charge in [-0.3, -0.25) is 0 Å². The number of carbonyl (C=O) groups excluding carboxylic acids is 1. The fraction of sp³-hybridized carbons (Fsp3) is 0.273. The highest BCUT2D eigenvalue weighted by Crippen LogP contribution is 2.03. The van der Waals surface area contributed by atoms with Crippen LogP contribution in [0.15, 0.2) is 18.3 Å². The highest BCUT2D eigenvalue weighted by Gasteiger charge is 2.05. The van der Waals surface area contributed by atoms with Crippen molar-refractivity contribution >= 4 is 5.97 Å². The largest absolute Gasteiger partial charge is 0.464 e. The summed E-state index contributed by atoms with van der Waals surface area (Å²) in [5.74, 6) is 2.12. The molecule has 1 heterocycles. The smallest absolute Gasteiger partial charge is 0.356 e. The summed E-state index contributed by atoms with van der Waals surface area (Å²) >= 11 is 0. The van der Waals surface area contributed by atoms with Gasteiger partial charge in [-0.2, -0.15) is 0 Å². The zero-order valence-corrected chi connectivity index (χ0v) is 7.99. The Kier molecular flexibility index (Phi) is 3.69. The summed E-state index contributed by atoms with van der Waals surface area (Å²) < 4.78 is 4.52. The van der Waals surface area contributed by atoms with E-state index in [-0.39, 0.29) is 0 Å². The molecule has 0 radical (unpaired) electrons. The maximum atomic E-state index is 11.0. The third kappa shape index (κ3) is 2.60. The summed E-state index contributed by atoms with van der Waals surface area (Å²) in [6.07, 6.45) is 8.24. The lowest BCUT2D eigenvalue weighted by Gasteiger charge is -1.99. The molecule has 0 saturated heterocycles. The molecule has 0 unspecified atom stereocenters. The number of hydrogen-bond acceptors (Lipinski definition) is 3. The van der Waals surface area contributed by atoms with Crippen molar-refractivity contribution in [3.05, 3.63) is 29.6 Å². The van der Waals surface area contributed by atoms with Crippen LogP contribution in [0, 0.1) is 12.3 Å². The van der Waals surface area contributed by atoms with Crippen molar-refractivity contribution < 1.29 is 9.53 Å². The highest BCUT2D eigenvalue weighted by molar-refractivity contribution is 5.86. The lowest BCUT2D eigenvalue weighted by molar-refractivity contribution is 0.0594. The van der Waals surface area contributed by atoms with Crippen LogP contribution in [0.1, 0.15) is 22.5 Å². The number of methoxy groups -OCH3 is 1. The number of aryl methyl sites for hydroxylation is 1. The molecule has 0 fully saturated rings. The molecule has 0 aliphatic heterocycles. The molecule has 0 amide bonds. The Hall–Kier alpha value is -1.82. The standard InChI is InChI=1S/C11H11NO2/c1-3-4-5-9-6-7-10(12-8-9)11(13)14-2/h1,6-8H,4-5H2,2H3. The van der Waals surface area contributed by atoms with E-state index in [1.807, 2.05) is 6.07 Å². The Morgan fingerprint density at radius 1 is 1.64 bits per heavy atom. The van der Waals surface area contributed by atoms with Crippen molar-refractivity contribution in [1.29, 1.82) is 0 Å². The zero-order chi connectivity index (χ0) is 10.4. The maximum absolute atomic E-state index is 11.0. The summed E-state index contributed by atoms with van der Waals surface area (Å²) in [6, 6.07) is 3.47. The van der Waals surface area contributed by atoms with Gasteiger partial charge in [0.25, 0.3) is 0 Å². The van der Waals surface area contributed by atoms with E-state index in [4.69, 9.17) is 6.42 Å². The van der Waals surface area contributed by atoms with Gasteiger partial charge in [0.15, 0.2) is 0 Å². The number of ether oxygens (including phenoxy) is 1. The number of esters is 1. The molecular formula is C11H11NO2. The molecule has 0 N–H and O–H groups in total. The molecule has 1 rings (SSSR count). The second-order valence-electron chi connectivity index (χ2n) is 2.75. The third-order valence-electron chi connectivity index (χ3n) is 1.78. The zero-order valence-electron chi connectivity index (χ0n) is 7.99. The van der Waals surface area contributed by atoms with Crippen LogP contribution in [0.5, 0.6) is 0 Å². The molecule has 14 heavy (non-hydrogen) atoms. The number of hydrogen-bond donors (Lipinski definition) is 0. The summed E-state index contributed by atoms with van der Waals surface area (Å²) in [6.45, 7) is 0. The molecule has 0 aliphatic carbocycles. The fourth-order valence-electron chi connectivity index (χ4n) is 1.01. The molecule has 1 aromatic rings. The first-order chi connectivity index (χ1) is 6.77.